The molecule has 0 bridgehead atoms. The van der Waals surface area contributed by atoms with Crippen molar-refractivity contribution in [1.82, 2.24) is 15.1 Å². The summed E-state index contributed by atoms with van der Waals surface area (Å²) in [5, 5.41) is 3.28. The number of hydrogen-bond donors (Lipinski definition) is 2. The van der Waals surface area contributed by atoms with Crippen LogP contribution in [-0.2, 0) is 4.79 Å². The quantitative estimate of drug-likeness (QED) is 0.723. The van der Waals surface area contributed by atoms with Crippen LogP contribution in [0.15, 0.2) is 0 Å². The van der Waals surface area contributed by atoms with Crippen molar-refractivity contribution in [3.63, 3.8) is 0 Å². The first-order chi connectivity index (χ1) is 9.27. The van der Waals surface area contributed by atoms with Gasteiger partial charge in [0.15, 0.2) is 0 Å². The van der Waals surface area contributed by atoms with Crippen molar-refractivity contribution in [2.24, 2.45) is 11.7 Å². The highest BCUT2D eigenvalue weighted by molar-refractivity contribution is 5.79. The number of nitrogens with zero attached hydrogens (tertiary/aromatic N) is 2. The number of carbonyl (C=O) groups excluding carboxylic acids is 1. The Kier molecular flexibility index (Phi) is 10.8. The fraction of sp³-hybridized carbons (Fsp3) is 0.929. The lowest BCUT2D eigenvalue weighted by molar-refractivity contribution is -0.137. The van der Waals surface area contributed by atoms with E-state index < -0.39 is 0 Å². The summed E-state index contributed by atoms with van der Waals surface area (Å²) in [4.78, 5) is 16.5. The maximum Gasteiger partial charge on any atom is 0.225 e. The van der Waals surface area contributed by atoms with Gasteiger partial charge in [-0.25, -0.2) is 0 Å². The molecule has 2 saturated heterocycles. The summed E-state index contributed by atoms with van der Waals surface area (Å²) < 4.78 is 0. The van der Waals surface area contributed by atoms with E-state index in [1.54, 1.807) is 0 Å². The van der Waals surface area contributed by atoms with Gasteiger partial charge in [0.2, 0.25) is 5.91 Å². The molecule has 0 radical (unpaired) electrons. The molecule has 3 N–H and O–H groups in total. The van der Waals surface area contributed by atoms with E-state index in [1.165, 1.54) is 7.05 Å². The van der Waals surface area contributed by atoms with Crippen LogP contribution in [0.2, 0.25) is 0 Å². The Bertz CT molecular complexity index is 221. The van der Waals surface area contributed by atoms with E-state index >= 15 is 0 Å². The number of carbonyl (C=O) groups is 1. The lowest BCUT2D eigenvalue weighted by atomic mass is 9.95. The lowest BCUT2D eigenvalue weighted by Crippen LogP contribution is -2.49. The predicted octanol–water partition coefficient (Wildman–Crippen LogP) is 0.361. The second kappa shape index (κ2) is 11.2. The number of hydrogen-bond acceptors (Lipinski definition) is 4. The van der Waals surface area contributed by atoms with Crippen LogP contribution in [0.5, 0.6) is 0 Å². The van der Waals surface area contributed by atoms with Gasteiger partial charge in [-0.05, 0) is 40.0 Å². The fourth-order valence-corrected chi connectivity index (χ4v) is 2.40. The van der Waals surface area contributed by atoms with Crippen molar-refractivity contribution >= 4 is 5.91 Å². The Labute approximate surface area is 118 Å². The minimum absolute atomic E-state index is 0.291. The Balaban J connectivity index is 0.000000741. The molecular formula is C14H32N4O. The second-order valence-electron chi connectivity index (χ2n) is 4.65. The molecule has 0 spiro atoms. The van der Waals surface area contributed by atoms with E-state index in [-0.39, 0.29) is 0 Å². The Morgan fingerprint density at radius 3 is 2.00 bits per heavy atom. The minimum Gasteiger partial charge on any atom is -0.340 e. The summed E-state index contributed by atoms with van der Waals surface area (Å²) in [6, 6.07) is 0. The first-order valence-corrected chi connectivity index (χ1v) is 7.53. The van der Waals surface area contributed by atoms with Crippen molar-refractivity contribution in [1.29, 1.82) is 0 Å². The average molecular weight is 272 g/mol. The molecule has 5 nitrogen and oxygen atoms in total. The molecule has 114 valence electrons. The number of nitrogens with one attached hydrogen (secondary N) is 1. The largest absolute Gasteiger partial charge is 0.340 e. The molecule has 0 aromatic carbocycles. The normalized spacial score (nSPS) is 20.8. The molecule has 2 fully saturated rings. The van der Waals surface area contributed by atoms with Gasteiger partial charge in [-0.15, -0.1) is 0 Å². The zero-order valence-electron chi connectivity index (χ0n) is 13.1. The maximum atomic E-state index is 12.1. The Morgan fingerprint density at radius 2 is 1.53 bits per heavy atom. The number of rotatable bonds is 1. The molecule has 0 aliphatic carbocycles. The number of likely N-dealkylation sites (tertiary alicyclic amines) is 1. The van der Waals surface area contributed by atoms with E-state index in [0.29, 0.717) is 11.8 Å². The van der Waals surface area contributed by atoms with Crippen LogP contribution in [0.3, 0.4) is 0 Å². The van der Waals surface area contributed by atoms with Crippen molar-refractivity contribution in [2.45, 2.75) is 26.7 Å². The van der Waals surface area contributed by atoms with Gasteiger partial charge in [-0.1, -0.05) is 13.8 Å². The molecule has 0 aromatic heterocycles. The van der Waals surface area contributed by atoms with Gasteiger partial charge in [0, 0.05) is 32.1 Å². The topological polar surface area (TPSA) is 61.6 Å². The Morgan fingerprint density at radius 1 is 1.05 bits per heavy atom. The van der Waals surface area contributed by atoms with Gasteiger partial charge in [0.25, 0.3) is 0 Å². The van der Waals surface area contributed by atoms with E-state index in [9.17, 15) is 4.79 Å². The van der Waals surface area contributed by atoms with Gasteiger partial charge < -0.3 is 20.9 Å². The second-order valence-corrected chi connectivity index (χ2v) is 4.65. The predicted molar refractivity (Wildman–Crippen MR) is 81.1 cm³/mol. The monoisotopic (exact) mass is 272 g/mol. The SMILES string of the molecule is CC.CN.CN1CCC(C(=O)N2CCNCC2)CC1. The molecular weight excluding hydrogens is 240 g/mol. The first-order valence-electron chi connectivity index (χ1n) is 7.53. The molecule has 2 rings (SSSR count). The third-order valence-corrected chi connectivity index (χ3v) is 3.50. The molecule has 19 heavy (non-hydrogen) atoms. The molecule has 0 atom stereocenters. The van der Waals surface area contributed by atoms with Crippen LogP contribution in [0.25, 0.3) is 0 Å². The van der Waals surface area contributed by atoms with E-state index in [1.807, 2.05) is 18.7 Å². The van der Waals surface area contributed by atoms with Gasteiger partial charge in [0.05, 0.1) is 0 Å². The van der Waals surface area contributed by atoms with Crippen molar-refractivity contribution in [2.75, 3.05) is 53.4 Å². The molecule has 2 aliphatic rings. The molecule has 0 aromatic rings. The maximum absolute atomic E-state index is 12.1. The van der Waals surface area contributed by atoms with Crippen LogP contribution in [0, 0.1) is 5.92 Å². The average Bonchev–Trinajstić information content (AvgIpc) is 2.52. The summed E-state index contributed by atoms with van der Waals surface area (Å²) in [6.45, 7) is 9.85. The minimum atomic E-state index is 0.291. The zero-order valence-corrected chi connectivity index (χ0v) is 13.1. The highest BCUT2D eigenvalue weighted by Gasteiger charge is 2.27. The van der Waals surface area contributed by atoms with Crippen LogP contribution in [0.1, 0.15) is 26.7 Å². The summed E-state index contributed by atoms with van der Waals surface area (Å²) in [7, 11) is 3.63. The first kappa shape index (κ1) is 18.4. The third kappa shape index (κ3) is 6.36. The van der Waals surface area contributed by atoms with Gasteiger partial charge in [-0.3, -0.25) is 4.79 Å². The summed E-state index contributed by atoms with van der Waals surface area (Å²) in [5.74, 6) is 0.684. The molecule has 0 saturated carbocycles. The number of amides is 1. The molecule has 1 amide bonds. The number of piperidine rings is 1. The highest BCUT2D eigenvalue weighted by atomic mass is 16.2. The number of nitrogens with two attached hydrogens (primary N) is 1. The molecule has 0 unspecified atom stereocenters. The van der Waals surface area contributed by atoms with Crippen LogP contribution in [0.4, 0.5) is 0 Å². The fourth-order valence-electron chi connectivity index (χ4n) is 2.40. The Hall–Kier alpha value is -0.650. The van der Waals surface area contributed by atoms with Crippen LogP contribution < -0.4 is 11.1 Å². The van der Waals surface area contributed by atoms with Gasteiger partial charge in [0.1, 0.15) is 0 Å². The summed E-state index contributed by atoms with van der Waals surface area (Å²) >= 11 is 0. The van der Waals surface area contributed by atoms with Crippen LogP contribution >= 0.6 is 0 Å². The zero-order chi connectivity index (χ0) is 14.7. The van der Waals surface area contributed by atoms with E-state index in [4.69, 9.17) is 0 Å². The van der Waals surface area contributed by atoms with E-state index in [2.05, 4.69) is 23.0 Å². The molecule has 2 aliphatic heterocycles. The standard InChI is InChI=1S/C11H21N3O.C2H6.CH5N/c1-13-6-2-10(3-7-13)11(15)14-8-4-12-5-9-14;2*1-2/h10,12H,2-9H2,1H3;1-2H3;2H2,1H3. The van der Waals surface area contributed by atoms with Crippen molar-refractivity contribution in [3.8, 4) is 0 Å². The van der Waals surface area contributed by atoms with E-state index in [0.717, 1.165) is 52.1 Å². The van der Waals surface area contributed by atoms with Crippen molar-refractivity contribution in [3.05, 3.63) is 0 Å². The summed E-state index contributed by atoms with van der Waals surface area (Å²) in [6.07, 6.45) is 2.08. The number of piperazine rings is 1. The van der Waals surface area contributed by atoms with Gasteiger partial charge in [-0.2, -0.15) is 0 Å². The van der Waals surface area contributed by atoms with Crippen LogP contribution in [-0.4, -0.2) is 69.1 Å². The third-order valence-electron chi connectivity index (χ3n) is 3.50. The van der Waals surface area contributed by atoms with Gasteiger partial charge >= 0.3 is 0 Å². The lowest BCUT2D eigenvalue weighted by Gasteiger charge is -2.34. The summed E-state index contributed by atoms with van der Waals surface area (Å²) in [5.41, 5.74) is 4.50. The smallest absolute Gasteiger partial charge is 0.225 e. The highest BCUT2D eigenvalue weighted by Crippen LogP contribution is 2.18. The molecule has 2 heterocycles. The molecule has 5 heteroatoms. The van der Waals surface area contributed by atoms with Crippen molar-refractivity contribution < 1.29 is 4.79 Å².